The molecule has 2 unspecified atom stereocenters. The molecular formula is C9H16N2O2S2. The van der Waals surface area contributed by atoms with E-state index in [1.807, 2.05) is 11.8 Å². The summed E-state index contributed by atoms with van der Waals surface area (Å²) in [5.74, 6) is 1.11. The maximum Gasteiger partial charge on any atom is 0.227 e. The largest absolute Gasteiger partial charge is 0.227 e. The monoisotopic (exact) mass is 248 g/mol. The summed E-state index contributed by atoms with van der Waals surface area (Å²) >= 11 is 1.81. The number of hydrogen-bond donors (Lipinski definition) is 1. The number of sulfonamides is 1. The fourth-order valence-corrected chi connectivity index (χ4v) is 3.54. The van der Waals surface area contributed by atoms with Crippen LogP contribution in [-0.4, -0.2) is 31.2 Å². The Morgan fingerprint density at radius 3 is 2.87 bits per heavy atom. The first-order valence-corrected chi connectivity index (χ1v) is 7.65. The fraction of sp³-hybridized carbons (Fsp3) is 0.889. The third-order valence-electron chi connectivity index (χ3n) is 2.43. The number of rotatable bonds is 4. The minimum absolute atomic E-state index is 0.374. The van der Waals surface area contributed by atoms with Crippen molar-refractivity contribution in [2.24, 2.45) is 0 Å². The van der Waals surface area contributed by atoms with E-state index in [1.165, 1.54) is 19.8 Å². The molecule has 1 aliphatic heterocycles. The van der Waals surface area contributed by atoms with Gasteiger partial charge in [-0.25, -0.2) is 13.1 Å². The minimum Gasteiger partial charge on any atom is -0.213 e. The first kappa shape index (κ1) is 12.8. The van der Waals surface area contributed by atoms with E-state index in [9.17, 15) is 8.42 Å². The highest BCUT2D eigenvalue weighted by molar-refractivity contribution is 8.00. The SMILES string of the molecule is CC(C#N)S(=O)(=O)NCC1CCCCS1. The van der Waals surface area contributed by atoms with Gasteiger partial charge in [-0.3, -0.25) is 0 Å². The summed E-state index contributed by atoms with van der Waals surface area (Å²) < 4.78 is 25.4. The van der Waals surface area contributed by atoms with E-state index in [4.69, 9.17) is 5.26 Å². The highest BCUT2D eigenvalue weighted by atomic mass is 32.2. The summed E-state index contributed by atoms with van der Waals surface area (Å²) in [4.78, 5) is 0. The summed E-state index contributed by atoms with van der Waals surface area (Å²) in [5.41, 5.74) is 0. The van der Waals surface area contributed by atoms with E-state index < -0.39 is 15.3 Å². The van der Waals surface area contributed by atoms with Crippen molar-refractivity contribution in [1.82, 2.24) is 4.72 Å². The molecule has 0 amide bonds. The average Bonchev–Trinajstić information content (AvgIpc) is 2.27. The molecule has 0 aromatic heterocycles. The van der Waals surface area contributed by atoms with Crippen LogP contribution in [0, 0.1) is 11.3 Å². The second-order valence-electron chi connectivity index (χ2n) is 3.65. The van der Waals surface area contributed by atoms with Crippen LogP contribution in [0.2, 0.25) is 0 Å². The lowest BCUT2D eigenvalue weighted by Crippen LogP contribution is -2.36. The zero-order chi connectivity index (χ0) is 11.3. The zero-order valence-electron chi connectivity index (χ0n) is 8.77. The van der Waals surface area contributed by atoms with Crippen molar-refractivity contribution < 1.29 is 8.42 Å². The smallest absolute Gasteiger partial charge is 0.213 e. The molecule has 86 valence electrons. The number of nitriles is 1. The number of nitrogens with zero attached hydrogens (tertiary/aromatic N) is 1. The van der Waals surface area contributed by atoms with Gasteiger partial charge in [0.15, 0.2) is 5.25 Å². The van der Waals surface area contributed by atoms with Gasteiger partial charge in [0, 0.05) is 11.8 Å². The van der Waals surface area contributed by atoms with Crippen molar-refractivity contribution in [2.75, 3.05) is 12.3 Å². The van der Waals surface area contributed by atoms with E-state index in [0.29, 0.717) is 11.8 Å². The quantitative estimate of drug-likeness (QED) is 0.809. The molecule has 1 fully saturated rings. The van der Waals surface area contributed by atoms with Gasteiger partial charge in [-0.1, -0.05) is 6.42 Å². The van der Waals surface area contributed by atoms with E-state index in [2.05, 4.69) is 4.72 Å². The van der Waals surface area contributed by atoms with Crippen molar-refractivity contribution in [3.05, 3.63) is 0 Å². The van der Waals surface area contributed by atoms with Crippen molar-refractivity contribution in [3.63, 3.8) is 0 Å². The topological polar surface area (TPSA) is 70.0 Å². The number of nitrogens with one attached hydrogen (secondary N) is 1. The molecule has 1 aliphatic rings. The number of thioether (sulfide) groups is 1. The van der Waals surface area contributed by atoms with E-state index in [1.54, 1.807) is 6.07 Å². The van der Waals surface area contributed by atoms with Crippen LogP contribution in [0.1, 0.15) is 26.2 Å². The third-order valence-corrected chi connectivity index (χ3v) is 5.44. The first-order valence-electron chi connectivity index (χ1n) is 5.06. The maximum atomic E-state index is 11.5. The molecule has 1 saturated heterocycles. The standard InChI is InChI=1S/C9H16N2O2S2/c1-8(6-10)15(12,13)11-7-9-4-2-3-5-14-9/h8-9,11H,2-5,7H2,1H3. The molecule has 6 heteroatoms. The van der Waals surface area contributed by atoms with Gasteiger partial charge >= 0.3 is 0 Å². The Balaban J connectivity index is 2.39. The molecule has 1 rings (SSSR count). The van der Waals surface area contributed by atoms with Crippen LogP contribution in [0.25, 0.3) is 0 Å². The second kappa shape index (κ2) is 5.73. The van der Waals surface area contributed by atoms with Crippen molar-refractivity contribution in [1.29, 1.82) is 5.26 Å². The summed E-state index contributed by atoms with van der Waals surface area (Å²) in [6.07, 6.45) is 3.46. The van der Waals surface area contributed by atoms with Crippen LogP contribution in [0.3, 0.4) is 0 Å². The van der Waals surface area contributed by atoms with E-state index >= 15 is 0 Å². The summed E-state index contributed by atoms with van der Waals surface area (Å²) in [5, 5.41) is 7.94. The molecule has 4 nitrogen and oxygen atoms in total. The lowest BCUT2D eigenvalue weighted by atomic mass is 10.2. The molecule has 2 atom stereocenters. The predicted molar refractivity (Wildman–Crippen MR) is 62.1 cm³/mol. The van der Waals surface area contributed by atoms with Crippen LogP contribution in [0.15, 0.2) is 0 Å². The Labute approximate surface area is 95.5 Å². The van der Waals surface area contributed by atoms with Gasteiger partial charge in [-0.05, 0) is 25.5 Å². The van der Waals surface area contributed by atoms with Crippen LogP contribution in [-0.2, 0) is 10.0 Å². The molecule has 1 N–H and O–H groups in total. The lowest BCUT2D eigenvalue weighted by Gasteiger charge is -2.21. The number of hydrogen-bond acceptors (Lipinski definition) is 4. The van der Waals surface area contributed by atoms with Crippen LogP contribution >= 0.6 is 11.8 Å². The van der Waals surface area contributed by atoms with Crippen LogP contribution in [0.4, 0.5) is 0 Å². The summed E-state index contributed by atoms with van der Waals surface area (Å²) in [7, 11) is -3.43. The highest BCUT2D eigenvalue weighted by Crippen LogP contribution is 2.24. The van der Waals surface area contributed by atoms with Crippen LogP contribution in [0.5, 0.6) is 0 Å². The molecule has 0 aliphatic carbocycles. The van der Waals surface area contributed by atoms with Gasteiger partial charge in [0.05, 0.1) is 6.07 Å². The van der Waals surface area contributed by atoms with Gasteiger partial charge in [0.25, 0.3) is 0 Å². The van der Waals surface area contributed by atoms with Gasteiger partial charge in [-0.15, -0.1) is 0 Å². The first-order chi connectivity index (χ1) is 7.06. The van der Waals surface area contributed by atoms with Crippen molar-refractivity contribution >= 4 is 21.8 Å². The third kappa shape index (κ3) is 4.01. The van der Waals surface area contributed by atoms with Crippen molar-refractivity contribution in [3.8, 4) is 6.07 Å². The predicted octanol–water partition coefficient (Wildman–Crippen LogP) is 1.10. The molecule has 0 aromatic rings. The molecule has 0 spiro atoms. The summed E-state index contributed by atoms with van der Waals surface area (Å²) in [6.45, 7) is 1.86. The fourth-order valence-electron chi connectivity index (χ4n) is 1.37. The van der Waals surface area contributed by atoms with E-state index in [-0.39, 0.29) is 0 Å². The summed E-state index contributed by atoms with van der Waals surface area (Å²) in [6, 6.07) is 1.74. The Kier molecular flexibility index (Phi) is 4.90. The molecule has 0 aromatic carbocycles. The zero-order valence-corrected chi connectivity index (χ0v) is 10.4. The Hall–Kier alpha value is -0.250. The Morgan fingerprint density at radius 2 is 2.33 bits per heavy atom. The highest BCUT2D eigenvalue weighted by Gasteiger charge is 2.22. The van der Waals surface area contributed by atoms with Crippen LogP contribution < -0.4 is 4.72 Å². The minimum atomic E-state index is -3.43. The molecule has 15 heavy (non-hydrogen) atoms. The molecular weight excluding hydrogens is 232 g/mol. The van der Waals surface area contributed by atoms with Crippen molar-refractivity contribution in [2.45, 2.75) is 36.7 Å². The Bertz CT molecular complexity index is 329. The average molecular weight is 248 g/mol. The molecule has 0 radical (unpaired) electrons. The van der Waals surface area contributed by atoms with Gasteiger partial charge < -0.3 is 0 Å². The molecule has 0 bridgehead atoms. The Morgan fingerprint density at radius 1 is 1.60 bits per heavy atom. The van der Waals surface area contributed by atoms with Gasteiger partial charge in [0.2, 0.25) is 10.0 Å². The normalized spacial score (nSPS) is 24.4. The van der Waals surface area contributed by atoms with Gasteiger partial charge in [0.1, 0.15) is 0 Å². The lowest BCUT2D eigenvalue weighted by molar-refractivity contribution is 0.569. The van der Waals surface area contributed by atoms with E-state index in [0.717, 1.165) is 12.2 Å². The molecule has 0 saturated carbocycles. The molecule has 1 heterocycles. The second-order valence-corrected chi connectivity index (χ2v) is 7.15. The maximum absolute atomic E-state index is 11.5. The van der Waals surface area contributed by atoms with Gasteiger partial charge in [-0.2, -0.15) is 17.0 Å².